The molecule has 1 heterocycles. The molecule has 2 rings (SSSR count). The van der Waals surface area contributed by atoms with Gasteiger partial charge in [-0.05, 0) is 6.07 Å². The summed E-state index contributed by atoms with van der Waals surface area (Å²) in [5.74, 6) is 1.21. The van der Waals surface area contributed by atoms with E-state index in [0.29, 0.717) is 27.1 Å². The Morgan fingerprint density at radius 3 is 2.31 bits per heavy atom. The van der Waals surface area contributed by atoms with Crippen LogP contribution in [0.15, 0.2) is 18.3 Å². The maximum Gasteiger partial charge on any atom is 0.162 e. The van der Waals surface area contributed by atoms with Crippen LogP contribution in [0.25, 0.3) is 10.9 Å². The number of nitrogens with zero attached hydrogens (tertiary/aromatic N) is 1. The molecule has 0 saturated carbocycles. The van der Waals surface area contributed by atoms with Gasteiger partial charge in [-0.15, -0.1) is 0 Å². The molecule has 0 saturated heterocycles. The zero-order valence-corrected chi connectivity index (χ0v) is 10.3. The zero-order valence-electron chi connectivity index (χ0n) is 8.75. The van der Waals surface area contributed by atoms with E-state index in [4.69, 9.17) is 32.7 Å². The van der Waals surface area contributed by atoms with Crippen LogP contribution in [-0.2, 0) is 0 Å². The van der Waals surface area contributed by atoms with E-state index in [0.717, 1.165) is 5.39 Å². The third kappa shape index (κ3) is 1.77. The Labute approximate surface area is 103 Å². The Hall–Kier alpha value is -1.19. The Kier molecular flexibility index (Phi) is 3.08. The maximum absolute atomic E-state index is 6.08. The monoisotopic (exact) mass is 257 g/mol. The van der Waals surface area contributed by atoms with Crippen molar-refractivity contribution in [3.05, 3.63) is 28.4 Å². The van der Waals surface area contributed by atoms with E-state index in [2.05, 4.69) is 4.98 Å². The first-order chi connectivity index (χ1) is 7.67. The first-order valence-electron chi connectivity index (χ1n) is 4.53. The molecule has 3 nitrogen and oxygen atoms in total. The van der Waals surface area contributed by atoms with Gasteiger partial charge < -0.3 is 9.47 Å². The predicted molar refractivity (Wildman–Crippen MR) is 64.9 cm³/mol. The minimum absolute atomic E-state index is 0.418. The number of benzene rings is 1. The van der Waals surface area contributed by atoms with Gasteiger partial charge in [0.1, 0.15) is 0 Å². The molecular weight excluding hydrogens is 249 g/mol. The molecule has 0 spiro atoms. The Bertz CT molecular complexity index is 543. The van der Waals surface area contributed by atoms with Crippen molar-refractivity contribution in [1.82, 2.24) is 4.98 Å². The highest BCUT2D eigenvalue weighted by atomic mass is 35.5. The third-order valence-electron chi connectivity index (χ3n) is 2.27. The highest BCUT2D eigenvalue weighted by molar-refractivity contribution is 6.45. The van der Waals surface area contributed by atoms with E-state index < -0.39 is 0 Å². The van der Waals surface area contributed by atoms with Crippen molar-refractivity contribution in [2.75, 3.05) is 14.2 Å². The van der Waals surface area contributed by atoms with Crippen molar-refractivity contribution >= 4 is 34.1 Å². The van der Waals surface area contributed by atoms with Gasteiger partial charge in [-0.1, -0.05) is 23.2 Å². The summed E-state index contributed by atoms with van der Waals surface area (Å²) in [4.78, 5) is 4.17. The Balaban J connectivity index is 2.78. The molecule has 0 atom stereocenters. The molecule has 0 aliphatic carbocycles. The van der Waals surface area contributed by atoms with Crippen molar-refractivity contribution in [3.8, 4) is 11.5 Å². The summed E-state index contributed by atoms with van der Waals surface area (Å²) < 4.78 is 10.4. The molecule has 16 heavy (non-hydrogen) atoms. The fraction of sp³-hybridized carbons (Fsp3) is 0.182. The van der Waals surface area contributed by atoms with Crippen LogP contribution < -0.4 is 9.47 Å². The van der Waals surface area contributed by atoms with Gasteiger partial charge in [0.15, 0.2) is 11.5 Å². The average molecular weight is 258 g/mol. The molecule has 0 aliphatic heterocycles. The van der Waals surface area contributed by atoms with E-state index >= 15 is 0 Å². The highest BCUT2D eigenvalue weighted by Crippen LogP contribution is 2.36. The number of hydrogen-bond donors (Lipinski definition) is 0. The van der Waals surface area contributed by atoms with Gasteiger partial charge in [0.25, 0.3) is 0 Å². The van der Waals surface area contributed by atoms with Crippen LogP contribution in [-0.4, -0.2) is 19.2 Å². The van der Waals surface area contributed by atoms with E-state index in [1.165, 1.54) is 6.20 Å². The van der Waals surface area contributed by atoms with Gasteiger partial charge in [0.2, 0.25) is 0 Å². The number of pyridine rings is 1. The molecule has 1 aromatic heterocycles. The number of halogens is 2. The molecule has 0 fully saturated rings. The van der Waals surface area contributed by atoms with Crippen LogP contribution in [0.2, 0.25) is 10.0 Å². The summed E-state index contributed by atoms with van der Waals surface area (Å²) in [6.07, 6.45) is 1.51. The molecule has 0 radical (unpaired) electrons. The Morgan fingerprint density at radius 1 is 1.06 bits per heavy atom. The molecular formula is C11H9Cl2NO2. The number of methoxy groups -OCH3 is 2. The molecule has 84 valence electrons. The van der Waals surface area contributed by atoms with E-state index in [1.807, 2.05) is 0 Å². The first-order valence-corrected chi connectivity index (χ1v) is 5.28. The summed E-state index contributed by atoms with van der Waals surface area (Å²) in [6, 6.07) is 3.52. The number of fused-ring (bicyclic) bond motifs is 1. The number of rotatable bonds is 2. The second-order valence-corrected chi connectivity index (χ2v) is 3.93. The molecule has 1 aromatic carbocycles. The standard InChI is InChI=1S/C11H9Cl2NO2/c1-15-9-3-6-8(4-10(9)16-2)14-5-7(12)11(6)13/h3-5H,1-2H3. The van der Waals surface area contributed by atoms with Gasteiger partial charge in [-0.25, -0.2) is 0 Å². The lowest BCUT2D eigenvalue weighted by Crippen LogP contribution is -1.92. The average Bonchev–Trinajstić information content (AvgIpc) is 2.32. The van der Waals surface area contributed by atoms with Crippen LogP contribution >= 0.6 is 23.2 Å². The minimum atomic E-state index is 0.418. The van der Waals surface area contributed by atoms with Crippen molar-refractivity contribution in [1.29, 1.82) is 0 Å². The normalized spacial score (nSPS) is 10.5. The number of hydrogen-bond acceptors (Lipinski definition) is 3. The summed E-state index contributed by atoms with van der Waals surface area (Å²) in [5, 5.41) is 1.63. The maximum atomic E-state index is 6.08. The summed E-state index contributed by atoms with van der Waals surface area (Å²) in [5.41, 5.74) is 0.715. The summed E-state index contributed by atoms with van der Waals surface area (Å²) in [6.45, 7) is 0. The van der Waals surface area contributed by atoms with Gasteiger partial charge >= 0.3 is 0 Å². The SMILES string of the molecule is COc1cc2ncc(Cl)c(Cl)c2cc1OC. The van der Waals surface area contributed by atoms with E-state index in [-0.39, 0.29) is 0 Å². The van der Waals surface area contributed by atoms with Crippen molar-refractivity contribution in [2.24, 2.45) is 0 Å². The Morgan fingerprint density at radius 2 is 1.69 bits per heavy atom. The molecule has 5 heteroatoms. The number of ether oxygens (including phenoxy) is 2. The van der Waals surface area contributed by atoms with Crippen LogP contribution in [0.1, 0.15) is 0 Å². The van der Waals surface area contributed by atoms with Crippen LogP contribution in [0.4, 0.5) is 0 Å². The molecule has 0 aliphatic rings. The van der Waals surface area contributed by atoms with Gasteiger partial charge in [0.05, 0.1) is 29.8 Å². The molecule has 0 N–H and O–H groups in total. The van der Waals surface area contributed by atoms with Crippen molar-refractivity contribution in [3.63, 3.8) is 0 Å². The number of aromatic nitrogens is 1. The van der Waals surface area contributed by atoms with Crippen molar-refractivity contribution < 1.29 is 9.47 Å². The first kappa shape index (κ1) is 11.3. The van der Waals surface area contributed by atoms with Crippen LogP contribution in [0.5, 0.6) is 11.5 Å². The molecule has 0 amide bonds. The topological polar surface area (TPSA) is 31.4 Å². The van der Waals surface area contributed by atoms with Crippen LogP contribution in [0, 0.1) is 0 Å². The highest BCUT2D eigenvalue weighted by Gasteiger charge is 2.10. The third-order valence-corrected chi connectivity index (χ3v) is 3.06. The van der Waals surface area contributed by atoms with Gasteiger partial charge in [0, 0.05) is 17.6 Å². The molecule has 2 aromatic rings. The zero-order chi connectivity index (χ0) is 11.7. The van der Waals surface area contributed by atoms with E-state index in [9.17, 15) is 0 Å². The van der Waals surface area contributed by atoms with Gasteiger partial charge in [-0.3, -0.25) is 4.98 Å². The second-order valence-electron chi connectivity index (χ2n) is 3.14. The fourth-order valence-electron chi connectivity index (χ4n) is 1.46. The quantitative estimate of drug-likeness (QED) is 0.825. The van der Waals surface area contributed by atoms with E-state index in [1.54, 1.807) is 26.4 Å². The fourth-order valence-corrected chi connectivity index (χ4v) is 1.81. The lowest BCUT2D eigenvalue weighted by molar-refractivity contribution is 0.356. The molecule has 0 unspecified atom stereocenters. The second kappa shape index (κ2) is 4.36. The lowest BCUT2D eigenvalue weighted by Gasteiger charge is -2.09. The largest absolute Gasteiger partial charge is 0.493 e. The van der Waals surface area contributed by atoms with Crippen molar-refractivity contribution in [2.45, 2.75) is 0 Å². The summed E-state index contributed by atoms with van der Waals surface area (Å²) >= 11 is 12.0. The smallest absolute Gasteiger partial charge is 0.162 e. The minimum Gasteiger partial charge on any atom is -0.493 e. The lowest BCUT2D eigenvalue weighted by atomic mass is 10.2. The predicted octanol–water partition coefficient (Wildman–Crippen LogP) is 3.56. The molecule has 0 bridgehead atoms. The van der Waals surface area contributed by atoms with Gasteiger partial charge in [-0.2, -0.15) is 0 Å². The summed E-state index contributed by atoms with van der Waals surface area (Å²) in [7, 11) is 3.14. The van der Waals surface area contributed by atoms with Crippen LogP contribution in [0.3, 0.4) is 0 Å².